The normalized spacial score (nSPS) is 12.4. The van der Waals surface area contributed by atoms with Gasteiger partial charge in [-0.25, -0.2) is 4.98 Å². The summed E-state index contributed by atoms with van der Waals surface area (Å²) in [5, 5.41) is 15.5. The molecule has 0 radical (unpaired) electrons. The zero-order valence-electron chi connectivity index (χ0n) is 9.17. The monoisotopic (exact) mass is 228 g/mol. The van der Waals surface area contributed by atoms with Gasteiger partial charge in [0, 0.05) is 13.5 Å². The van der Waals surface area contributed by atoms with E-state index < -0.39 is 0 Å². The van der Waals surface area contributed by atoms with Gasteiger partial charge in [-0.2, -0.15) is 5.10 Å². The van der Waals surface area contributed by atoms with Crippen LogP contribution in [0.4, 0.5) is 0 Å². The molecule has 0 fully saturated rings. The van der Waals surface area contributed by atoms with Crippen molar-refractivity contribution >= 4 is 5.91 Å². The summed E-state index contributed by atoms with van der Waals surface area (Å²) in [4.78, 5) is 15.2. The lowest BCUT2D eigenvalue weighted by molar-refractivity contribution is -0.122. The molecule has 1 unspecified atom stereocenters. The minimum absolute atomic E-state index is 0.136. The number of hydrogen-bond acceptors (Lipinski definition) is 5. The van der Waals surface area contributed by atoms with Crippen molar-refractivity contribution in [2.45, 2.75) is 19.0 Å². The second-order valence-electron chi connectivity index (χ2n) is 3.31. The van der Waals surface area contributed by atoms with Crippen LogP contribution in [0.25, 0.3) is 0 Å². The zero-order chi connectivity index (χ0) is 11.8. The molecule has 7 heteroatoms. The van der Waals surface area contributed by atoms with Crippen molar-refractivity contribution in [2.24, 2.45) is 0 Å². The Labute approximate surface area is 93.4 Å². The number of hydrogen-bond donors (Lipinski definition) is 2. The minimum atomic E-state index is -0.353. The molecule has 0 bridgehead atoms. The van der Waals surface area contributed by atoms with Gasteiger partial charge >= 0.3 is 0 Å². The first-order valence-corrected chi connectivity index (χ1v) is 4.98. The third-order valence-electron chi connectivity index (χ3n) is 1.99. The summed E-state index contributed by atoms with van der Waals surface area (Å²) in [5.74, 6) is -0.147. The Balaban J connectivity index is 2.24. The predicted octanol–water partition coefficient (Wildman–Crippen LogP) is -1.21. The fourth-order valence-corrected chi connectivity index (χ4v) is 1.21. The third kappa shape index (κ3) is 4.37. The van der Waals surface area contributed by atoms with Crippen molar-refractivity contribution in [2.75, 3.05) is 20.3 Å². The maximum absolute atomic E-state index is 11.4. The SMILES string of the molecule is COCC(CO)NC(=O)CCn1cncn1. The highest BCUT2D eigenvalue weighted by atomic mass is 16.5. The second-order valence-corrected chi connectivity index (χ2v) is 3.31. The Bertz CT molecular complexity index is 302. The highest BCUT2D eigenvalue weighted by molar-refractivity contribution is 5.76. The van der Waals surface area contributed by atoms with E-state index in [0.29, 0.717) is 19.6 Å². The number of nitrogens with zero attached hydrogens (tertiary/aromatic N) is 3. The predicted molar refractivity (Wildman–Crippen MR) is 55.5 cm³/mol. The van der Waals surface area contributed by atoms with Crippen LogP contribution < -0.4 is 5.32 Å². The summed E-state index contributed by atoms with van der Waals surface area (Å²) in [7, 11) is 1.52. The first kappa shape index (κ1) is 12.6. The molecule has 7 nitrogen and oxygen atoms in total. The van der Waals surface area contributed by atoms with Crippen LogP contribution in [0.3, 0.4) is 0 Å². The molecule has 1 amide bonds. The Morgan fingerprint density at radius 1 is 1.69 bits per heavy atom. The summed E-state index contributed by atoms with van der Waals surface area (Å²) in [6, 6.07) is -0.353. The smallest absolute Gasteiger partial charge is 0.222 e. The van der Waals surface area contributed by atoms with E-state index in [1.54, 1.807) is 11.0 Å². The lowest BCUT2D eigenvalue weighted by Crippen LogP contribution is -2.40. The van der Waals surface area contributed by atoms with Gasteiger partial charge in [0.2, 0.25) is 5.91 Å². The van der Waals surface area contributed by atoms with E-state index in [9.17, 15) is 4.79 Å². The van der Waals surface area contributed by atoms with E-state index in [4.69, 9.17) is 9.84 Å². The Kier molecular flexibility index (Phi) is 5.44. The Morgan fingerprint density at radius 3 is 3.06 bits per heavy atom. The first-order valence-electron chi connectivity index (χ1n) is 4.98. The van der Waals surface area contributed by atoms with Crippen LogP contribution in [-0.4, -0.2) is 52.1 Å². The van der Waals surface area contributed by atoms with Crippen LogP contribution in [0.1, 0.15) is 6.42 Å². The lowest BCUT2D eigenvalue weighted by atomic mass is 10.3. The molecular formula is C9H16N4O3. The number of carbonyl (C=O) groups is 1. The van der Waals surface area contributed by atoms with Crippen LogP contribution in [0.5, 0.6) is 0 Å². The number of aliphatic hydroxyl groups excluding tert-OH is 1. The van der Waals surface area contributed by atoms with Gasteiger partial charge in [-0.15, -0.1) is 0 Å². The quantitative estimate of drug-likeness (QED) is 0.611. The molecule has 0 saturated heterocycles. The summed E-state index contributed by atoms with van der Waals surface area (Å²) < 4.78 is 6.42. The second kappa shape index (κ2) is 6.91. The number of aliphatic hydroxyl groups is 1. The van der Waals surface area contributed by atoms with E-state index >= 15 is 0 Å². The fraction of sp³-hybridized carbons (Fsp3) is 0.667. The highest BCUT2D eigenvalue weighted by Crippen LogP contribution is 1.90. The Morgan fingerprint density at radius 2 is 2.50 bits per heavy atom. The topological polar surface area (TPSA) is 89.3 Å². The molecule has 1 aromatic rings. The van der Waals surface area contributed by atoms with Gasteiger partial charge in [0.15, 0.2) is 0 Å². The van der Waals surface area contributed by atoms with Crippen molar-refractivity contribution in [3.63, 3.8) is 0 Å². The van der Waals surface area contributed by atoms with Crippen LogP contribution >= 0.6 is 0 Å². The summed E-state index contributed by atoms with van der Waals surface area (Å²) in [6.07, 6.45) is 3.26. The number of nitrogens with one attached hydrogen (secondary N) is 1. The van der Waals surface area contributed by atoms with Crippen molar-refractivity contribution < 1.29 is 14.6 Å². The molecule has 1 heterocycles. The summed E-state index contributed by atoms with van der Waals surface area (Å²) in [5.41, 5.74) is 0. The molecule has 0 saturated carbocycles. The molecule has 16 heavy (non-hydrogen) atoms. The van der Waals surface area contributed by atoms with Gasteiger partial charge < -0.3 is 15.2 Å². The molecular weight excluding hydrogens is 212 g/mol. The van der Waals surface area contributed by atoms with Crippen molar-refractivity contribution in [3.8, 4) is 0 Å². The average Bonchev–Trinajstić information content (AvgIpc) is 2.78. The van der Waals surface area contributed by atoms with Gasteiger partial charge in [0.1, 0.15) is 12.7 Å². The molecule has 0 spiro atoms. The lowest BCUT2D eigenvalue weighted by Gasteiger charge is -2.14. The van der Waals surface area contributed by atoms with E-state index in [1.165, 1.54) is 13.4 Å². The molecule has 0 aliphatic carbocycles. The van der Waals surface area contributed by atoms with E-state index in [2.05, 4.69) is 15.4 Å². The van der Waals surface area contributed by atoms with Crippen molar-refractivity contribution in [3.05, 3.63) is 12.7 Å². The van der Waals surface area contributed by atoms with Crippen molar-refractivity contribution in [1.82, 2.24) is 20.1 Å². The number of carbonyl (C=O) groups excluding carboxylic acids is 1. The summed E-state index contributed by atoms with van der Waals surface area (Å²) >= 11 is 0. The molecule has 0 aromatic carbocycles. The highest BCUT2D eigenvalue weighted by Gasteiger charge is 2.10. The van der Waals surface area contributed by atoms with Crippen molar-refractivity contribution in [1.29, 1.82) is 0 Å². The van der Waals surface area contributed by atoms with E-state index in [-0.39, 0.29) is 18.6 Å². The fourth-order valence-electron chi connectivity index (χ4n) is 1.21. The van der Waals surface area contributed by atoms with Gasteiger partial charge in [0.05, 0.1) is 25.8 Å². The standard InChI is InChI=1S/C9H16N4O3/c1-16-5-8(4-14)12-9(15)2-3-13-7-10-6-11-13/h6-8,14H,2-5H2,1H3,(H,12,15). The van der Waals surface area contributed by atoms with Gasteiger partial charge in [0.25, 0.3) is 0 Å². The van der Waals surface area contributed by atoms with Crippen LogP contribution in [0, 0.1) is 0 Å². The molecule has 1 aromatic heterocycles. The molecule has 2 N–H and O–H groups in total. The maximum Gasteiger partial charge on any atom is 0.222 e. The number of methoxy groups -OCH3 is 1. The summed E-state index contributed by atoms with van der Waals surface area (Å²) in [6.45, 7) is 0.630. The number of aromatic nitrogens is 3. The third-order valence-corrected chi connectivity index (χ3v) is 1.99. The molecule has 0 aliphatic heterocycles. The zero-order valence-corrected chi connectivity index (χ0v) is 9.17. The number of aryl methyl sites for hydroxylation is 1. The molecule has 1 atom stereocenters. The van der Waals surface area contributed by atoms with E-state index in [1.807, 2.05) is 0 Å². The van der Waals surface area contributed by atoms with Gasteiger partial charge in [-0.3, -0.25) is 9.48 Å². The number of ether oxygens (including phenoxy) is 1. The molecule has 90 valence electrons. The molecule has 1 rings (SSSR count). The van der Waals surface area contributed by atoms with Crippen LogP contribution in [0.2, 0.25) is 0 Å². The first-order chi connectivity index (χ1) is 7.76. The largest absolute Gasteiger partial charge is 0.394 e. The maximum atomic E-state index is 11.4. The Hall–Kier alpha value is -1.47. The average molecular weight is 228 g/mol. The number of amides is 1. The minimum Gasteiger partial charge on any atom is -0.394 e. The number of rotatable bonds is 7. The van der Waals surface area contributed by atoms with Gasteiger partial charge in [-0.05, 0) is 0 Å². The molecule has 0 aliphatic rings. The van der Waals surface area contributed by atoms with E-state index in [0.717, 1.165) is 0 Å². The van der Waals surface area contributed by atoms with Crippen LogP contribution in [0.15, 0.2) is 12.7 Å². The van der Waals surface area contributed by atoms with Gasteiger partial charge in [-0.1, -0.05) is 0 Å². The van der Waals surface area contributed by atoms with Crippen LogP contribution in [-0.2, 0) is 16.1 Å².